The second-order valence-electron chi connectivity index (χ2n) is 8.90. The Kier molecular flexibility index (Phi) is 7.13. The van der Waals surface area contributed by atoms with Crippen LogP contribution in [0.4, 0.5) is 0 Å². The average Bonchev–Trinajstić information content (AvgIpc) is 2.90. The Bertz CT molecular complexity index is 593. The van der Waals surface area contributed by atoms with Crippen LogP contribution in [0.25, 0.3) is 0 Å². The van der Waals surface area contributed by atoms with Crippen LogP contribution in [-0.4, -0.2) is 42.4 Å². The fourth-order valence-corrected chi connectivity index (χ4v) is 3.26. The van der Waals surface area contributed by atoms with Crippen molar-refractivity contribution < 1.29 is 18.6 Å². The maximum atomic E-state index is 6.43. The standard InChI is InChI=1S/C14H20BClO2.C6H13BO2/c1-13(2)14(3,4)18-15(17-13)12(16)10-11-8-6-5-7-9-11;1-5-6(2,3)9-7(4)8-5/h5-9,12H,10H2,1-4H3;5H,1-4H3/t12-;/m1./s1. The smallest absolute Gasteiger partial charge is 0.406 e. The Morgan fingerprint density at radius 2 is 1.48 bits per heavy atom. The topological polar surface area (TPSA) is 36.9 Å². The molecule has 7 heteroatoms. The quantitative estimate of drug-likeness (QED) is 0.546. The van der Waals surface area contributed by atoms with Gasteiger partial charge in [0, 0.05) is 0 Å². The molecule has 0 spiro atoms. The highest BCUT2D eigenvalue weighted by molar-refractivity contribution is 6.60. The highest BCUT2D eigenvalue weighted by Crippen LogP contribution is 2.38. The predicted octanol–water partition coefficient (Wildman–Crippen LogP) is 4.79. The van der Waals surface area contributed by atoms with Gasteiger partial charge in [0.05, 0.1) is 28.2 Å². The Balaban J connectivity index is 0.000000244. The van der Waals surface area contributed by atoms with E-state index in [1.54, 1.807) is 0 Å². The van der Waals surface area contributed by atoms with Crippen LogP contribution in [0.5, 0.6) is 0 Å². The van der Waals surface area contributed by atoms with Gasteiger partial charge in [-0.1, -0.05) is 30.3 Å². The molecule has 0 aliphatic carbocycles. The van der Waals surface area contributed by atoms with Gasteiger partial charge in [-0.25, -0.2) is 0 Å². The third-order valence-corrected chi connectivity index (χ3v) is 6.04. The lowest BCUT2D eigenvalue weighted by Gasteiger charge is -2.32. The van der Waals surface area contributed by atoms with Gasteiger partial charge in [-0.05, 0) is 67.3 Å². The van der Waals surface area contributed by atoms with Crippen molar-refractivity contribution in [2.75, 3.05) is 0 Å². The van der Waals surface area contributed by atoms with Gasteiger partial charge in [0.1, 0.15) is 0 Å². The van der Waals surface area contributed by atoms with Crippen LogP contribution < -0.4 is 0 Å². The Morgan fingerprint density at radius 3 is 1.85 bits per heavy atom. The van der Waals surface area contributed by atoms with Crippen molar-refractivity contribution in [1.29, 1.82) is 0 Å². The summed E-state index contributed by atoms with van der Waals surface area (Å²) in [4.78, 5) is 0. The van der Waals surface area contributed by atoms with E-state index in [1.807, 2.05) is 73.5 Å². The molecular weight excluding hydrogens is 361 g/mol. The summed E-state index contributed by atoms with van der Waals surface area (Å²) in [7, 11) is -0.383. The summed E-state index contributed by atoms with van der Waals surface area (Å²) in [6.07, 6.45) is 0.965. The van der Waals surface area contributed by atoms with Crippen LogP contribution >= 0.6 is 11.6 Å². The van der Waals surface area contributed by atoms with Gasteiger partial charge in [0.15, 0.2) is 0 Å². The minimum Gasteiger partial charge on any atom is -0.406 e. The predicted molar refractivity (Wildman–Crippen MR) is 113 cm³/mol. The summed E-state index contributed by atoms with van der Waals surface area (Å²) in [6, 6.07) is 10.2. The Morgan fingerprint density at radius 1 is 0.963 bits per heavy atom. The van der Waals surface area contributed by atoms with Gasteiger partial charge in [0.25, 0.3) is 0 Å². The summed E-state index contributed by atoms with van der Waals surface area (Å²) >= 11 is 6.43. The number of halogens is 1. The molecule has 0 N–H and O–H groups in total. The first-order valence-electron chi connectivity index (χ1n) is 9.71. The molecule has 2 aliphatic rings. The molecule has 2 heterocycles. The van der Waals surface area contributed by atoms with Crippen molar-refractivity contribution in [3.05, 3.63) is 35.9 Å². The van der Waals surface area contributed by atoms with Crippen molar-refractivity contribution in [3.63, 3.8) is 0 Å². The number of hydrogen-bond acceptors (Lipinski definition) is 4. The summed E-state index contributed by atoms with van der Waals surface area (Å²) in [5.41, 5.74) is 0.467. The highest BCUT2D eigenvalue weighted by atomic mass is 35.5. The number of hydrogen-bond donors (Lipinski definition) is 0. The van der Waals surface area contributed by atoms with E-state index in [9.17, 15) is 0 Å². The fourth-order valence-electron chi connectivity index (χ4n) is 2.97. The lowest BCUT2D eigenvalue weighted by molar-refractivity contribution is 0.00578. The molecule has 4 nitrogen and oxygen atoms in total. The Hall–Kier alpha value is -0.520. The molecule has 2 atom stereocenters. The van der Waals surface area contributed by atoms with Gasteiger partial charge < -0.3 is 18.6 Å². The monoisotopic (exact) mass is 394 g/mol. The van der Waals surface area contributed by atoms with Crippen molar-refractivity contribution in [2.45, 2.75) is 89.9 Å². The molecule has 150 valence electrons. The first kappa shape index (κ1) is 22.8. The zero-order valence-electron chi connectivity index (χ0n) is 17.9. The van der Waals surface area contributed by atoms with Crippen molar-refractivity contribution in [2.24, 2.45) is 0 Å². The van der Waals surface area contributed by atoms with Crippen LogP contribution in [0.1, 0.15) is 54.0 Å². The molecule has 1 unspecified atom stereocenters. The lowest BCUT2D eigenvalue weighted by Crippen LogP contribution is -2.41. The van der Waals surface area contributed by atoms with Crippen LogP contribution in [0.15, 0.2) is 30.3 Å². The van der Waals surface area contributed by atoms with Crippen LogP contribution in [0, 0.1) is 0 Å². The van der Waals surface area contributed by atoms with Gasteiger partial charge >= 0.3 is 14.2 Å². The maximum absolute atomic E-state index is 6.43. The molecule has 2 fully saturated rings. The van der Waals surface area contributed by atoms with Gasteiger partial charge in [-0.2, -0.15) is 0 Å². The lowest BCUT2D eigenvalue weighted by atomic mass is 9.80. The molecule has 0 radical (unpaired) electrons. The number of benzene rings is 1. The van der Waals surface area contributed by atoms with Crippen molar-refractivity contribution in [3.8, 4) is 0 Å². The van der Waals surface area contributed by atoms with Crippen LogP contribution in [0.3, 0.4) is 0 Å². The number of rotatable bonds is 3. The normalized spacial score (nSPS) is 26.5. The van der Waals surface area contributed by atoms with Crippen LogP contribution in [-0.2, 0) is 25.0 Å². The van der Waals surface area contributed by atoms with E-state index in [4.69, 9.17) is 30.2 Å². The third-order valence-electron chi connectivity index (χ3n) is 5.68. The molecule has 1 aromatic rings. The molecular formula is C20H33B2ClO4. The van der Waals surface area contributed by atoms with Gasteiger partial charge in [-0.3, -0.25) is 0 Å². The molecule has 3 rings (SSSR count). The maximum Gasteiger partial charge on any atom is 0.477 e. The minimum absolute atomic E-state index is 0.0324. The number of alkyl halides is 1. The molecule has 27 heavy (non-hydrogen) atoms. The first-order chi connectivity index (χ1) is 12.3. The largest absolute Gasteiger partial charge is 0.477 e. The molecule has 0 aromatic heterocycles. The average molecular weight is 395 g/mol. The van der Waals surface area contributed by atoms with E-state index in [0.717, 1.165) is 6.42 Å². The second-order valence-corrected chi connectivity index (χ2v) is 9.46. The van der Waals surface area contributed by atoms with Gasteiger partial charge in [0.2, 0.25) is 0 Å². The highest BCUT2D eigenvalue weighted by Gasteiger charge is 2.53. The molecule has 0 amide bonds. The minimum atomic E-state index is -0.350. The SMILES string of the molecule is CB1OC(C)C(C)(C)O1.CC1(C)OB([C@H](Cl)Cc2ccccc2)OC1(C)C. The summed E-state index contributed by atoms with van der Waals surface area (Å²) in [5, 5.41) is -0.173. The van der Waals surface area contributed by atoms with Crippen molar-refractivity contribution >= 4 is 25.8 Å². The van der Waals surface area contributed by atoms with E-state index < -0.39 is 0 Å². The first-order valence-corrected chi connectivity index (χ1v) is 10.1. The summed E-state index contributed by atoms with van der Waals surface area (Å²) < 4.78 is 22.7. The van der Waals surface area contributed by atoms with E-state index in [0.29, 0.717) is 0 Å². The second kappa shape index (κ2) is 8.46. The molecule has 0 saturated carbocycles. The molecule has 1 aromatic carbocycles. The van der Waals surface area contributed by atoms with E-state index in [-0.39, 0.29) is 42.4 Å². The van der Waals surface area contributed by atoms with E-state index in [1.165, 1.54) is 5.56 Å². The summed E-state index contributed by atoms with van der Waals surface area (Å²) in [6.45, 7) is 16.2. The van der Waals surface area contributed by atoms with Gasteiger partial charge in [-0.15, -0.1) is 11.6 Å². The Labute approximate surface area is 170 Å². The zero-order valence-corrected chi connectivity index (χ0v) is 18.7. The third kappa shape index (κ3) is 5.74. The molecule has 2 aliphatic heterocycles. The summed E-state index contributed by atoms with van der Waals surface area (Å²) in [5.74, 6) is 0. The van der Waals surface area contributed by atoms with E-state index >= 15 is 0 Å². The molecule has 2 saturated heterocycles. The van der Waals surface area contributed by atoms with E-state index in [2.05, 4.69) is 12.1 Å². The molecule has 0 bridgehead atoms. The fraction of sp³-hybridized carbons (Fsp3) is 0.700. The van der Waals surface area contributed by atoms with Crippen LogP contribution in [0.2, 0.25) is 6.82 Å². The zero-order chi connectivity index (χ0) is 20.5. The van der Waals surface area contributed by atoms with Crippen molar-refractivity contribution in [1.82, 2.24) is 0 Å².